The number of nitrogens with two attached hydrogens (primary N) is 1. The Balaban J connectivity index is 2.11. The monoisotopic (exact) mass is 200 g/mol. The van der Waals surface area contributed by atoms with Crippen LogP contribution in [-0.2, 0) is 0 Å². The smallest absolute Gasteiger partial charge is 0.404 e. The van der Waals surface area contributed by atoms with E-state index in [1.54, 1.807) is 0 Å². The van der Waals surface area contributed by atoms with E-state index in [-0.39, 0.29) is 6.04 Å². The summed E-state index contributed by atoms with van der Waals surface area (Å²) in [5, 5.41) is 10.7. The van der Waals surface area contributed by atoms with Crippen LogP contribution in [0.15, 0.2) is 0 Å². The van der Waals surface area contributed by atoms with Crippen molar-refractivity contribution in [1.29, 1.82) is 0 Å². The predicted molar refractivity (Wildman–Crippen MR) is 55.2 cm³/mol. The Morgan fingerprint density at radius 3 is 2.64 bits per heavy atom. The van der Waals surface area contributed by atoms with Gasteiger partial charge in [-0.05, 0) is 12.3 Å². The van der Waals surface area contributed by atoms with Crippen LogP contribution in [0, 0.1) is 5.92 Å². The van der Waals surface area contributed by atoms with Gasteiger partial charge in [0, 0.05) is 12.6 Å². The van der Waals surface area contributed by atoms with Crippen LogP contribution < -0.4 is 11.1 Å². The summed E-state index contributed by atoms with van der Waals surface area (Å²) in [5.41, 5.74) is 5.83. The minimum absolute atomic E-state index is 0.0193. The number of hydrogen-bond acceptors (Lipinski definition) is 2. The second-order valence-electron chi connectivity index (χ2n) is 4.19. The highest BCUT2D eigenvalue weighted by atomic mass is 16.4. The van der Waals surface area contributed by atoms with Crippen LogP contribution in [0.4, 0.5) is 4.79 Å². The van der Waals surface area contributed by atoms with Gasteiger partial charge in [0.15, 0.2) is 0 Å². The lowest BCUT2D eigenvalue weighted by Crippen LogP contribution is -2.38. The molecule has 0 aromatic heterocycles. The number of hydrogen-bond donors (Lipinski definition) is 3. The fraction of sp³-hybridized carbons (Fsp3) is 0.900. The van der Waals surface area contributed by atoms with Crippen molar-refractivity contribution >= 4 is 6.09 Å². The number of carboxylic acid groups (broad SMARTS) is 1. The fourth-order valence-electron chi connectivity index (χ4n) is 2.15. The van der Waals surface area contributed by atoms with Gasteiger partial charge in [0.1, 0.15) is 0 Å². The molecule has 4 N–H and O–H groups in total. The molecule has 1 aliphatic rings. The summed E-state index contributed by atoms with van der Waals surface area (Å²) in [5.74, 6) is 0.717. The Bertz CT molecular complexity index is 179. The first-order chi connectivity index (χ1) is 6.68. The van der Waals surface area contributed by atoms with Gasteiger partial charge in [-0.3, -0.25) is 0 Å². The zero-order chi connectivity index (χ0) is 10.4. The molecule has 0 aromatic carbocycles. The lowest BCUT2D eigenvalue weighted by Gasteiger charge is -2.24. The minimum Gasteiger partial charge on any atom is -0.465 e. The van der Waals surface area contributed by atoms with Gasteiger partial charge in [-0.25, -0.2) is 4.79 Å². The second kappa shape index (κ2) is 5.86. The normalized spacial score (nSPS) is 20.4. The summed E-state index contributed by atoms with van der Waals surface area (Å²) >= 11 is 0. The van der Waals surface area contributed by atoms with Gasteiger partial charge < -0.3 is 16.2 Å². The van der Waals surface area contributed by atoms with Gasteiger partial charge in [0.05, 0.1) is 0 Å². The third-order valence-corrected chi connectivity index (χ3v) is 2.88. The quantitative estimate of drug-likeness (QED) is 0.644. The van der Waals surface area contributed by atoms with E-state index in [0.717, 1.165) is 6.42 Å². The third-order valence-electron chi connectivity index (χ3n) is 2.88. The van der Waals surface area contributed by atoms with Gasteiger partial charge >= 0.3 is 6.09 Å². The molecule has 1 fully saturated rings. The Kier molecular flexibility index (Phi) is 4.73. The maximum atomic E-state index is 10.2. The maximum Gasteiger partial charge on any atom is 0.404 e. The molecule has 0 heterocycles. The zero-order valence-electron chi connectivity index (χ0n) is 8.54. The SMILES string of the molecule is N[C@H](CNC(=O)O)CC1CCCCC1. The molecule has 0 aliphatic heterocycles. The molecule has 1 amide bonds. The first-order valence-electron chi connectivity index (χ1n) is 5.41. The van der Waals surface area contributed by atoms with Crippen molar-refractivity contribution in [2.24, 2.45) is 11.7 Å². The molecular weight excluding hydrogens is 180 g/mol. The molecule has 1 atom stereocenters. The summed E-state index contributed by atoms with van der Waals surface area (Å²) in [6.45, 7) is 0.381. The molecule has 0 bridgehead atoms. The van der Waals surface area contributed by atoms with Crippen LogP contribution in [-0.4, -0.2) is 23.8 Å². The van der Waals surface area contributed by atoms with Crippen molar-refractivity contribution in [1.82, 2.24) is 5.32 Å². The first-order valence-corrected chi connectivity index (χ1v) is 5.41. The number of carbonyl (C=O) groups is 1. The van der Waals surface area contributed by atoms with Gasteiger partial charge in [-0.2, -0.15) is 0 Å². The molecule has 1 saturated carbocycles. The molecule has 0 aromatic rings. The molecule has 0 unspecified atom stereocenters. The summed E-state index contributed by atoms with van der Waals surface area (Å²) in [6.07, 6.45) is 6.47. The maximum absolute atomic E-state index is 10.2. The van der Waals surface area contributed by atoms with Gasteiger partial charge in [-0.15, -0.1) is 0 Å². The van der Waals surface area contributed by atoms with Crippen LogP contribution >= 0.6 is 0 Å². The molecular formula is C10H20N2O2. The molecule has 1 aliphatic carbocycles. The average molecular weight is 200 g/mol. The topological polar surface area (TPSA) is 75.3 Å². The molecule has 0 saturated heterocycles. The van der Waals surface area contributed by atoms with Crippen molar-refractivity contribution in [3.05, 3.63) is 0 Å². The largest absolute Gasteiger partial charge is 0.465 e. The van der Waals surface area contributed by atoms with Crippen LogP contribution in [0.3, 0.4) is 0 Å². The van der Waals surface area contributed by atoms with Crippen molar-refractivity contribution in [3.8, 4) is 0 Å². The molecule has 0 radical (unpaired) electrons. The highest BCUT2D eigenvalue weighted by Crippen LogP contribution is 2.26. The molecule has 0 spiro atoms. The second-order valence-corrected chi connectivity index (χ2v) is 4.19. The number of rotatable bonds is 4. The average Bonchev–Trinajstić information content (AvgIpc) is 2.16. The van der Waals surface area contributed by atoms with E-state index in [1.807, 2.05) is 0 Å². The molecule has 82 valence electrons. The van der Waals surface area contributed by atoms with Crippen molar-refractivity contribution < 1.29 is 9.90 Å². The van der Waals surface area contributed by atoms with Crippen molar-refractivity contribution in [2.75, 3.05) is 6.54 Å². The van der Waals surface area contributed by atoms with E-state index in [2.05, 4.69) is 5.32 Å². The third kappa shape index (κ3) is 4.46. The van der Waals surface area contributed by atoms with E-state index < -0.39 is 6.09 Å². The van der Waals surface area contributed by atoms with Crippen LogP contribution in [0.2, 0.25) is 0 Å². The number of amides is 1. The number of nitrogens with one attached hydrogen (secondary N) is 1. The van der Waals surface area contributed by atoms with Crippen molar-refractivity contribution in [3.63, 3.8) is 0 Å². The fourth-order valence-corrected chi connectivity index (χ4v) is 2.15. The van der Waals surface area contributed by atoms with E-state index in [0.29, 0.717) is 12.5 Å². The molecule has 1 rings (SSSR count). The van der Waals surface area contributed by atoms with Crippen LogP contribution in [0.25, 0.3) is 0 Å². The van der Waals surface area contributed by atoms with Crippen LogP contribution in [0.5, 0.6) is 0 Å². The summed E-state index contributed by atoms with van der Waals surface area (Å²) in [6, 6.07) is -0.0193. The lowest BCUT2D eigenvalue weighted by molar-refractivity contribution is 0.192. The van der Waals surface area contributed by atoms with Crippen molar-refractivity contribution in [2.45, 2.75) is 44.6 Å². The summed E-state index contributed by atoms with van der Waals surface area (Å²) < 4.78 is 0. The van der Waals surface area contributed by atoms with E-state index in [1.165, 1.54) is 32.1 Å². The van der Waals surface area contributed by atoms with E-state index >= 15 is 0 Å². The Morgan fingerprint density at radius 2 is 2.07 bits per heavy atom. The van der Waals surface area contributed by atoms with Crippen LogP contribution in [0.1, 0.15) is 38.5 Å². The zero-order valence-corrected chi connectivity index (χ0v) is 8.54. The molecule has 4 heteroatoms. The molecule has 4 nitrogen and oxygen atoms in total. The van der Waals surface area contributed by atoms with E-state index in [9.17, 15) is 4.79 Å². The summed E-state index contributed by atoms with van der Waals surface area (Å²) in [7, 11) is 0. The predicted octanol–water partition coefficient (Wildman–Crippen LogP) is 1.55. The highest BCUT2D eigenvalue weighted by Gasteiger charge is 2.16. The van der Waals surface area contributed by atoms with Gasteiger partial charge in [-0.1, -0.05) is 32.1 Å². The highest BCUT2D eigenvalue weighted by molar-refractivity contribution is 5.64. The Morgan fingerprint density at radius 1 is 1.43 bits per heavy atom. The Hall–Kier alpha value is -0.770. The summed E-state index contributed by atoms with van der Waals surface area (Å²) in [4.78, 5) is 10.2. The lowest BCUT2D eigenvalue weighted by atomic mass is 9.85. The van der Waals surface area contributed by atoms with Gasteiger partial charge in [0.25, 0.3) is 0 Å². The van der Waals surface area contributed by atoms with E-state index in [4.69, 9.17) is 10.8 Å². The van der Waals surface area contributed by atoms with Gasteiger partial charge in [0.2, 0.25) is 0 Å². The minimum atomic E-state index is -0.982. The Labute approximate surface area is 84.9 Å². The first kappa shape index (κ1) is 11.3. The molecule has 14 heavy (non-hydrogen) atoms. The standard InChI is InChI=1S/C10H20N2O2/c11-9(7-12-10(13)14)6-8-4-2-1-3-5-8/h8-9,12H,1-7,11H2,(H,13,14)/t9-/m0/s1.